The summed E-state index contributed by atoms with van der Waals surface area (Å²) < 4.78 is 6.22. The number of amides is 1. The largest absolute Gasteiger partial charge is 0.389 e. The number of aliphatic hydroxyl groups excluding tert-OH is 1. The van der Waals surface area contributed by atoms with Crippen LogP contribution in [0.25, 0.3) is 0 Å². The van der Waals surface area contributed by atoms with Gasteiger partial charge in [0.15, 0.2) is 0 Å². The number of ether oxygens (including phenoxy) is 1. The van der Waals surface area contributed by atoms with Crippen molar-refractivity contribution in [3.63, 3.8) is 0 Å². The Balaban J connectivity index is 1.59. The van der Waals surface area contributed by atoms with E-state index in [-0.39, 0.29) is 18.6 Å². The van der Waals surface area contributed by atoms with Crippen LogP contribution in [0, 0.1) is 6.92 Å². The summed E-state index contributed by atoms with van der Waals surface area (Å²) in [5.74, 6) is 0.118. The second-order valence-corrected chi connectivity index (χ2v) is 7.44. The molecule has 1 aliphatic heterocycles. The van der Waals surface area contributed by atoms with Crippen molar-refractivity contribution in [3.8, 4) is 0 Å². The van der Waals surface area contributed by atoms with E-state index in [0.29, 0.717) is 6.54 Å². The van der Waals surface area contributed by atoms with Crippen LogP contribution in [0.3, 0.4) is 0 Å². The molecule has 28 heavy (non-hydrogen) atoms. The zero-order valence-electron chi connectivity index (χ0n) is 16.8. The Kier molecular flexibility index (Phi) is 7.20. The predicted octanol–water partition coefficient (Wildman–Crippen LogP) is 2.63. The number of benzene rings is 2. The summed E-state index contributed by atoms with van der Waals surface area (Å²) in [5.41, 5.74) is 3.38. The van der Waals surface area contributed by atoms with Gasteiger partial charge in [0, 0.05) is 39.6 Å². The summed E-state index contributed by atoms with van der Waals surface area (Å²) in [4.78, 5) is 15.5. The molecule has 0 saturated carbocycles. The molecule has 3 rings (SSSR count). The van der Waals surface area contributed by atoms with Gasteiger partial charge < -0.3 is 14.7 Å². The Bertz CT molecular complexity index is 757. The molecule has 0 bridgehead atoms. The van der Waals surface area contributed by atoms with E-state index in [0.717, 1.165) is 37.3 Å². The van der Waals surface area contributed by atoms with E-state index in [4.69, 9.17) is 4.74 Å². The van der Waals surface area contributed by atoms with Gasteiger partial charge >= 0.3 is 0 Å². The fraction of sp³-hybridized carbons (Fsp3) is 0.435. The Labute approximate surface area is 167 Å². The van der Waals surface area contributed by atoms with Gasteiger partial charge in [-0.1, -0.05) is 54.6 Å². The smallest absolute Gasteiger partial charge is 0.219 e. The number of hydrogen-bond donors (Lipinski definition) is 1. The number of carbonyl (C=O) groups excluding carboxylic acids is 1. The molecule has 2 aromatic carbocycles. The molecule has 0 aromatic heterocycles. The highest BCUT2D eigenvalue weighted by Crippen LogP contribution is 2.28. The van der Waals surface area contributed by atoms with Gasteiger partial charge in [0.2, 0.25) is 5.91 Å². The van der Waals surface area contributed by atoms with E-state index >= 15 is 0 Å². The predicted molar refractivity (Wildman–Crippen MR) is 110 cm³/mol. The molecule has 1 fully saturated rings. The quantitative estimate of drug-likeness (QED) is 0.800. The van der Waals surface area contributed by atoms with Crippen molar-refractivity contribution in [2.75, 3.05) is 39.3 Å². The van der Waals surface area contributed by atoms with E-state index in [2.05, 4.69) is 36.1 Å². The fourth-order valence-electron chi connectivity index (χ4n) is 3.68. The molecule has 5 nitrogen and oxygen atoms in total. The van der Waals surface area contributed by atoms with E-state index in [1.807, 2.05) is 35.2 Å². The van der Waals surface area contributed by atoms with Crippen LogP contribution in [0.4, 0.5) is 0 Å². The summed E-state index contributed by atoms with van der Waals surface area (Å²) in [6.07, 6.45) is -0.772. The molecular formula is C23H30N2O3. The average Bonchev–Trinajstić information content (AvgIpc) is 2.70. The minimum Gasteiger partial charge on any atom is -0.389 e. The summed E-state index contributed by atoms with van der Waals surface area (Å²) in [7, 11) is 0. The topological polar surface area (TPSA) is 53.0 Å². The second kappa shape index (κ2) is 9.82. The average molecular weight is 383 g/mol. The maximum atomic E-state index is 11.4. The molecule has 1 N–H and O–H groups in total. The van der Waals surface area contributed by atoms with Crippen molar-refractivity contribution in [1.29, 1.82) is 0 Å². The number of piperazine rings is 1. The summed E-state index contributed by atoms with van der Waals surface area (Å²) in [5, 5.41) is 10.5. The lowest BCUT2D eigenvalue weighted by Gasteiger charge is -2.35. The molecule has 1 heterocycles. The van der Waals surface area contributed by atoms with Crippen LogP contribution in [0.2, 0.25) is 0 Å². The van der Waals surface area contributed by atoms with E-state index < -0.39 is 6.10 Å². The van der Waals surface area contributed by atoms with Gasteiger partial charge in [0.1, 0.15) is 6.10 Å². The lowest BCUT2D eigenvalue weighted by atomic mass is 9.97. The molecule has 1 amide bonds. The number of aryl methyl sites for hydroxylation is 1. The molecule has 0 radical (unpaired) electrons. The van der Waals surface area contributed by atoms with Crippen LogP contribution in [-0.4, -0.2) is 66.2 Å². The van der Waals surface area contributed by atoms with Crippen molar-refractivity contribution < 1.29 is 14.6 Å². The molecular weight excluding hydrogens is 352 g/mol. The third kappa shape index (κ3) is 5.41. The Morgan fingerprint density at radius 1 is 1.04 bits per heavy atom. The van der Waals surface area contributed by atoms with Crippen molar-refractivity contribution in [3.05, 3.63) is 71.3 Å². The van der Waals surface area contributed by atoms with Crippen LogP contribution < -0.4 is 0 Å². The number of rotatable bonds is 7. The Morgan fingerprint density at radius 2 is 1.68 bits per heavy atom. The number of hydrogen-bond acceptors (Lipinski definition) is 4. The summed E-state index contributed by atoms with van der Waals surface area (Å²) in [6, 6.07) is 18.3. The van der Waals surface area contributed by atoms with Gasteiger partial charge in [-0.2, -0.15) is 0 Å². The molecule has 1 saturated heterocycles. The first-order valence-corrected chi connectivity index (χ1v) is 9.92. The van der Waals surface area contributed by atoms with Gasteiger partial charge in [-0.25, -0.2) is 0 Å². The third-order valence-electron chi connectivity index (χ3n) is 5.32. The maximum Gasteiger partial charge on any atom is 0.219 e. The molecule has 0 spiro atoms. The van der Waals surface area contributed by atoms with Gasteiger partial charge in [0.25, 0.3) is 0 Å². The van der Waals surface area contributed by atoms with Gasteiger partial charge in [-0.05, 0) is 23.6 Å². The number of β-amino-alcohol motifs (C(OH)–C–C–N with tert-alkyl or cyclic N) is 1. The first kappa shape index (κ1) is 20.5. The summed E-state index contributed by atoms with van der Waals surface area (Å²) in [6.45, 7) is 7.53. The zero-order chi connectivity index (χ0) is 19.9. The number of carbonyl (C=O) groups is 1. The Morgan fingerprint density at radius 3 is 2.32 bits per heavy atom. The molecule has 1 aliphatic rings. The fourth-order valence-corrected chi connectivity index (χ4v) is 3.68. The van der Waals surface area contributed by atoms with E-state index in [9.17, 15) is 9.90 Å². The zero-order valence-corrected chi connectivity index (χ0v) is 16.8. The second-order valence-electron chi connectivity index (χ2n) is 7.44. The minimum absolute atomic E-state index is 0.118. The van der Waals surface area contributed by atoms with E-state index in [1.54, 1.807) is 6.92 Å². The third-order valence-corrected chi connectivity index (χ3v) is 5.32. The van der Waals surface area contributed by atoms with Crippen molar-refractivity contribution >= 4 is 5.91 Å². The molecule has 5 heteroatoms. The summed E-state index contributed by atoms with van der Waals surface area (Å²) >= 11 is 0. The number of nitrogens with zero attached hydrogens (tertiary/aromatic N) is 2. The molecule has 2 atom stereocenters. The molecule has 2 aromatic rings. The SMILES string of the molecule is CC(=O)N1CCN(C[C@@H](O)CO[C@@H](c2ccccc2)c2ccccc2C)CC1. The van der Waals surface area contributed by atoms with Crippen LogP contribution in [0.15, 0.2) is 54.6 Å². The molecule has 0 unspecified atom stereocenters. The highest BCUT2D eigenvalue weighted by atomic mass is 16.5. The van der Waals surface area contributed by atoms with Crippen LogP contribution in [-0.2, 0) is 9.53 Å². The minimum atomic E-state index is -0.570. The normalized spacial score (nSPS) is 17.3. The van der Waals surface area contributed by atoms with Crippen molar-refractivity contribution in [1.82, 2.24) is 9.80 Å². The van der Waals surface area contributed by atoms with Gasteiger partial charge in [-0.15, -0.1) is 0 Å². The molecule has 150 valence electrons. The van der Waals surface area contributed by atoms with Gasteiger partial charge in [-0.3, -0.25) is 9.69 Å². The van der Waals surface area contributed by atoms with E-state index in [1.165, 1.54) is 5.56 Å². The van der Waals surface area contributed by atoms with Crippen molar-refractivity contribution in [2.24, 2.45) is 0 Å². The first-order chi connectivity index (χ1) is 13.5. The van der Waals surface area contributed by atoms with Crippen LogP contribution in [0.5, 0.6) is 0 Å². The molecule has 0 aliphatic carbocycles. The highest BCUT2D eigenvalue weighted by Gasteiger charge is 2.22. The Hall–Kier alpha value is -2.21. The standard InChI is InChI=1S/C23H30N2O3/c1-18-8-6-7-11-22(18)23(20-9-4-3-5-10-20)28-17-21(27)16-24-12-14-25(15-13-24)19(2)26/h3-11,21,23,27H,12-17H2,1-2H3/t21-,23+/m1/s1. The lowest BCUT2D eigenvalue weighted by Crippen LogP contribution is -2.50. The first-order valence-electron chi connectivity index (χ1n) is 9.92. The van der Waals surface area contributed by atoms with Crippen molar-refractivity contribution in [2.45, 2.75) is 26.1 Å². The van der Waals surface area contributed by atoms with Crippen LogP contribution in [0.1, 0.15) is 29.7 Å². The lowest BCUT2D eigenvalue weighted by molar-refractivity contribution is -0.130. The monoisotopic (exact) mass is 382 g/mol. The highest BCUT2D eigenvalue weighted by molar-refractivity contribution is 5.73. The van der Waals surface area contributed by atoms with Crippen LogP contribution >= 0.6 is 0 Å². The van der Waals surface area contributed by atoms with Gasteiger partial charge in [0.05, 0.1) is 12.7 Å². The number of aliphatic hydroxyl groups is 1. The maximum absolute atomic E-state index is 11.4.